The molecule has 2 rings (SSSR count). The van der Waals surface area contributed by atoms with E-state index in [-0.39, 0.29) is 6.04 Å². The van der Waals surface area contributed by atoms with E-state index in [2.05, 4.69) is 22.8 Å². The Labute approximate surface area is 108 Å². The molecule has 2 N–H and O–H groups in total. The number of aldehydes is 1. The molecular formula is C14H21N3O. The van der Waals surface area contributed by atoms with Crippen LogP contribution in [0.2, 0.25) is 0 Å². The van der Waals surface area contributed by atoms with E-state index in [1.54, 1.807) is 0 Å². The van der Waals surface area contributed by atoms with Crippen LogP contribution in [-0.4, -0.2) is 48.8 Å². The molecule has 98 valence electrons. The number of nitrogens with two attached hydrogens (primary N) is 1. The second kappa shape index (κ2) is 5.50. The Hall–Kier alpha value is -1.39. The van der Waals surface area contributed by atoms with E-state index in [9.17, 15) is 4.79 Å². The summed E-state index contributed by atoms with van der Waals surface area (Å²) in [4.78, 5) is 15.4. The minimum atomic E-state index is 0.0140. The first-order valence-corrected chi connectivity index (χ1v) is 6.33. The fraction of sp³-hybridized carbons (Fsp3) is 0.500. The number of carbonyl (C=O) groups excluding carboxylic acids is 1. The number of aryl methyl sites for hydroxylation is 1. The van der Waals surface area contributed by atoms with Crippen LogP contribution in [0.15, 0.2) is 18.2 Å². The average Bonchev–Trinajstić information content (AvgIpc) is 2.36. The smallest absolute Gasteiger partial charge is 0.138 e. The first-order valence-electron chi connectivity index (χ1n) is 6.33. The molecule has 1 fully saturated rings. The van der Waals surface area contributed by atoms with Crippen LogP contribution in [0.3, 0.4) is 0 Å². The van der Waals surface area contributed by atoms with Crippen molar-refractivity contribution in [1.29, 1.82) is 0 Å². The summed E-state index contributed by atoms with van der Waals surface area (Å²) >= 11 is 0. The molecule has 0 aromatic heterocycles. The quantitative estimate of drug-likeness (QED) is 0.636. The van der Waals surface area contributed by atoms with Crippen LogP contribution in [-0.2, 0) is 11.3 Å². The molecule has 0 saturated carbocycles. The second-order valence-corrected chi connectivity index (χ2v) is 5.11. The fourth-order valence-corrected chi connectivity index (χ4v) is 2.35. The number of nitrogens with zero attached hydrogens (tertiary/aromatic N) is 2. The molecule has 1 aromatic carbocycles. The van der Waals surface area contributed by atoms with Crippen LogP contribution in [0.4, 0.5) is 5.69 Å². The molecule has 1 atom stereocenters. The van der Waals surface area contributed by atoms with Crippen molar-refractivity contribution in [3.05, 3.63) is 29.3 Å². The van der Waals surface area contributed by atoms with E-state index in [1.165, 1.54) is 11.1 Å². The number of rotatable bonds is 3. The van der Waals surface area contributed by atoms with Crippen LogP contribution in [0, 0.1) is 6.92 Å². The third-order valence-corrected chi connectivity index (χ3v) is 3.70. The number of carbonyl (C=O) groups is 1. The normalized spacial score (nSPS) is 22.0. The number of hydrogen-bond donors (Lipinski definition) is 1. The van der Waals surface area contributed by atoms with E-state index in [1.807, 2.05) is 19.2 Å². The Kier molecular flexibility index (Phi) is 3.99. The topological polar surface area (TPSA) is 49.6 Å². The van der Waals surface area contributed by atoms with Crippen LogP contribution in [0.25, 0.3) is 0 Å². The summed E-state index contributed by atoms with van der Waals surface area (Å²) in [5, 5.41) is 0. The fourth-order valence-electron chi connectivity index (χ4n) is 2.35. The summed E-state index contributed by atoms with van der Waals surface area (Å²) in [5.74, 6) is 0. The molecule has 1 aromatic rings. The molecule has 4 nitrogen and oxygen atoms in total. The Bertz CT molecular complexity index is 433. The van der Waals surface area contributed by atoms with E-state index in [0.717, 1.165) is 38.2 Å². The molecule has 0 amide bonds. The number of benzene rings is 1. The van der Waals surface area contributed by atoms with Crippen molar-refractivity contribution in [2.75, 3.05) is 32.4 Å². The van der Waals surface area contributed by atoms with Gasteiger partial charge in [0.25, 0.3) is 0 Å². The highest BCUT2D eigenvalue weighted by atomic mass is 16.1. The highest BCUT2D eigenvalue weighted by Crippen LogP contribution is 2.17. The lowest BCUT2D eigenvalue weighted by Gasteiger charge is -2.37. The Balaban J connectivity index is 2.05. The zero-order valence-corrected chi connectivity index (χ0v) is 11.1. The molecule has 1 unspecified atom stereocenters. The lowest BCUT2D eigenvalue weighted by atomic mass is 10.1. The van der Waals surface area contributed by atoms with Crippen molar-refractivity contribution >= 4 is 12.0 Å². The highest BCUT2D eigenvalue weighted by molar-refractivity contribution is 5.58. The SMILES string of the molecule is Cc1ccc(N)cc1CN1CCN(C)C(C=O)C1. The zero-order valence-electron chi connectivity index (χ0n) is 11.1. The Morgan fingerprint density at radius 3 is 2.94 bits per heavy atom. The molecule has 0 aliphatic carbocycles. The van der Waals surface area contributed by atoms with Gasteiger partial charge in [-0.3, -0.25) is 9.80 Å². The first kappa shape index (κ1) is 13.1. The number of likely N-dealkylation sites (N-methyl/N-ethyl adjacent to an activating group) is 1. The standard InChI is InChI=1S/C14H21N3O/c1-11-3-4-13(15)7-12(11)8-17-6-5-16(2)14(9-17)10-18/h3-4,7,10,14H,5-6,8-9,15H2,1-2H3. The summed E-state index contributed by atoms with van der Waals surface area (Å²) in [5.41, 5.74) is 9.14. The van der Waals surface area contributed by atoms with Crippen LogP contribution >= 0.6 is 0 Å². The van der Waals surface area contributed by atoms with E-state index in [0.29, 0.717) is 0 Å². The predicted octanol–water partition coefficient (Wildman–Crippen LogP) is 0.892. The van der Waals surface area contributed by atoms with E-state index >= 15 is 0 Å². The van der Waals surface area contributed by atoms with Crippen molar-refractivity contribution in [2.24, 2.45) is 0 Å². The van der Waals surface area contributed by atoms with Gasteiger partial charge in [0.15, 0.2) is 0 Å². The molecule has 0 bridgehead atoms. The highest BCUT2D eigenvalue weighted by Gasteiger charge is 2.23. The van der Waals surface area contributed by atoms with Crippen molar-refractivity contribution in [1.82, 2.24) is 9.80 Å². The third kappa shape index (κ3) is 2.89. The van der Waals surface area contributed by atoms with Crippen LogP contribution in [0.5, 0.6) is 0 Å². The van der Waals surface area contributed by atoms with Gasteiger partial charge in [0.2, 0.25) is 0 Å². The Morgan fingerprint density at radius 2 is 2.22 bits per heavy atom. The van der Waals surface area contributed by atoms with Gasteiger partial charge in [-0.1, -0.05) is 6.07 Å². The molecule has 1 heterocycles. The summed E-state index contributed by atoms with van der Waals surface area (Å²) in [6.07, 6.45) is 1.04. The lowest BCUT2D eigenvalue weighted by molar-refractivity contribution is -0.114. The minimum Gasteiger partial charge on any atom is -0.399 e. The average molecular weight is 247 g/mol. The maximum absolute atomic E-state index is 11.0. The third-order valence-electron chi connectivity index (χ3n) is 3.70. The van der Waals surface area contributed by atoms with Crippen molar-refractivity contribution in [3.63, 3.8) is 0 Å². The van der Waals surface area contributed by atoms with Gasteiger partial charge >= 0.3 is 0 Å². The van der Waals surface area contributed by atoms with Gasteiger partial charge in [0.05, 0.1) is 6.04 Å². The van der Waals surface area contributed by atoms with Gasteiger partial charge in [0, 0.05) is 31.9 Å². The van der Waals surface area contributed by atoms with Gasteiger partial charge in [-0.15, -0.1) is 0 Å². The number of piperazine rings is 1. The largest absolute Gasteiger partial charge is 0.399 e. The van der Waals surface area contributed by atoms with E-state index in [4.69, 9.17) is 5.73 Å². The monoisotopic (exact) mass is 247 g/mol. The molecule has 1 aliphatic heterocycles. The zero-order chi connectivity index (χ0) is 13.1. The number of hydrogen-bond acceptors (Lipinski definition) is 4. The van der Waals surface area contributed by atoms with Crippen molar-refractivity contribution in [3.8, 4) is 0 Å². The molecule has 0 spiro atoms. The molecule has 4 heteroatoms. The first-order chi connectivity index (χ1) is 8.60. The molecule has 1 saturated heterocycles. The maximum atomic E-state index is 11.0. The summed E-state index contributed by atoms with van der Waals surface area (Å²) < 4.78 is 0. The molecule has 18 heavy (non-hydrogen) atoms. The second-order valence-electron chi connectivity index (χ2n) is 5.11. The summed E-state index contributed by atoms with van der Waals surface area (Å²) in [6.45, 7) is 5.70. The number of anilines is 1. The van der Waals surface area contributed by atoms with Gasteiger partial charge in [-0.05, 0) is 37.2 Å². The summed E-state index contributed by atoms with van der Waals surface area (Å²) in [7, 11) is 2.00. The predicted molar refractivity (Wildman–Crippen MR) is 73.4 cm³/mol. The maximum Gasteiger partial charge on any atom is 0.138 e. The van der Waals surface area contributed by atoms with Gasteiger partial charge in [-0.25, -0.2) is 0 Å². The van der Waals surface area contributed by atoms with Crippen LogP contribution < -0.4 is 5.73 Å². The van der Waals surface area contributed by atoms with Gasteiger partial charge < -0.3 is 10.5 Å². The van der Waals surface area contributed by atoms with Crippen LogP contribution in [0.1, 0.15) is 11.1 Å². The van der Waals surface area contributed by atoms with E-state index < -0.39 is 0 Å². The summed E-state index contributed by atoms with van der Waals surface area (Å²) in [6, 6.07) is 6.03. The Morgan fingerprint density at radius 1 is 1.44 bits per heavy atom. The van der Waals surface area contributed by atoms with Gasteiger partial charge in [0.1, 0.15) is 6.29 Å². The molecule has 0 radical (unpaired) electrons. The van der Waals surface area contributed by atoms with Crippen molar-refractivity contribution < 1.29 is 4.79 Å². The minimum absolute atomic E-state index is 0.0140. The molecule has 1 aliphatic rings. The number of nitrogen functional groups attached to an aromatic ring is 1. The lowest BCUT2D eigenvalue weighted by Crippen LogP contribution is -2.51. The van der Waals surface area contributed by atoms with Crippen molar-refractivity contribution in [2.45, 2.75) is 19.5 Å². The van der Waals surface area contributed by atoms with Gasteiger partial charge in [-0.2, -0.15) is 0 Å². The molecular weight excluding hydrogens is 226 g/mol.